The highest BCUT2D eigenvalue weighted by atomic mass is 16.5. The maximum absolute atomic E-state index is 5.75. The van der Waals surface area contributed by atoms with E-state index >= 15 is 0 Å². The Kier molecular flexibility index (Phi) is 11.0. The summed E-state index contributed by atoms with van der Waals surface area (Å²) in [5.41, 5.74) is 0. The van der Waals surface area contributed by atoms with Crippen LogP contribution in [0.15, 0.2) is 0 Å². The SMILES string of the molecule is C1COCCN2CCN(CCO1)CCN1CCOCCOCCN(CC1)CC2. The molecular weight excluding hydrogens is 360 g/mol. The summed E-state index contributed by atoms with van der Waals surface area (Å²) >= 11 is 0. The molecule has 3 aliphatic heterocycles. The Morgan fingerprint density at radius 3 is 0.679 bits per heavy atom. The van der Waals surface area contributed by atoms with E-state index in [1.165, 1.54) is 0 Å². The molecule has 0 radical (unpaired) electrons. The molecule has 0 aromatic rings. The third-order valence-corrected chi connectivity index (χ3v) is 5.88. The second-order valence-corrected chi connectivity index (χ2v) is 7.82. The van der Waals surface area contributed by atoms with Gasteiger partial charge in [0.05, 0.1) is 52.9 Å². The Labute approximate surface area is 170 Å². The van der Waals surface area contributed by atoms with Crippen molar-refractivity contribution in [1.29, 1.82) is 0 Å². The van der Waals surface area contributed by atoms with E-state index in [0.29, 0.717) is 26.4 Å². The second-order valence-electron chi connectivity index (χ2n) is 7.82. The summed E-state index contributed by atoms with van der Waals surface area (Å²) in [5, 5.41) is 0. The molecule has 0 spiro atoms. The number of hydrogen-bond acceptors (Lipinski definition) is 8. The molecule has 28 heavy (non-hydrogen) atoms. The monoisotopic (exact) mass is 400 g/mol. The van der Waals surface area contributed by atoms with Crippen LogP contribution in [0, 0.1) is 0 Å². The Bertz CT molecular complexity index is 332. The van der Waals surface area contributed by atoms with Crippen LogP contribution in [-0.4, -0.2) is 151 Å². The van der Waals surface area contributed by atoms with Crippen LogP contribution < -0.4 is 0 Å². The van der Waals surface area contributed by atoms with Crippen molar-refractivity contribution in [3.63, 3.8) is 0 Å². The van der Waals surface area contributed by atoms with Crippen LogP contribution in [0.5, 0.6) is 0 Å². The number of hydrogen-bond donors (Lipinski definition) is 0. The van der Waals surface area contributed by atoms with Crippen LogP contribution in [0.4, 0.5) is 0 Å². The van der Waals surface area contributed by atoms with Crippen molar-refractivity contribution in [1.82, 2.24) is 19.6 Å². The van der Waals surface area contributed by atoms with Gasteiger partial charge < -0.3 is 18.9 Å². The zero-order valence-corrected chi connectivity index (χ0v) is 17.6. The summed E-state index contributed by atoms with van der Waals surface area (Å²) in [6.07, 6.45) is 0. The molecule has 0 unspecified atom stereocenters. The van der Waals surface area contributed by atoms with Crippen molar-refractivity contribution < 1.29 is 18.9 Å². The molecule has 0 N–H and O–H groups in total. The first-order valence-corrected chi connectivity index (χ1v) is 11.1. The zero-order valence-electron chi connectivity index (χ0n) is 17.6. The summed E-state index contributed by atoms with van der Waals surface area (Å²) in [4.78, 5) is 10.3. The zero-order chi connectivity index (χ0) is 19.3. The van der Waals surface area contributed by atoms with Gasteiger partial charge in [0.25, 0.3) is 0 Å². The van der Waals surface area contributed by atoms with Gasteiger partial charge in [-0.3, -0.25) is 19.6 Å². The Balaban J connectivity index is 1.64. The van der Waals surface area contributed by atoms with E-state index in [1.54, 1.807) is 0 Å². The molecule has 3 rings (SSSR count). The van der Waals surface area contributed by atoms with Gasteiger partial charge in [-0.25, -0.2) is 0 Å². The van der Waals surface area contributed by atoms with Crippen molar-refractivity contribution in [2.75, 3.05) is 131 Å². The summed E-state index contributed by atoms with van der Waals surface area (Å²) in [6, 6.07) is 0. The molecule has 3 fully saturated rings. The van der Waals surface area contributed by atoms with Crippen molar-refractivity contribution in [3.8, 4) is 0 Å². The van der Waals surface area contributed by atoms with E-state index in [4.69, 9.17) is 18.9 Å². The van der Waals surface area contributed by atoms with Crippen molar-refractivity contribution in [3.05, 3.63) is 0 Å². The average Bonchev–Trinajstić information content (AvgIpc) is 2.68. The number of nitrogens with zero attached hydrogens (tertiary/aromatic N) is 4. The fourth-order valence-electron chi connectivity index (χ4n) is 3.89. The maximum atomic E-state index is 5.75. The minimum Gasteiger partial charge on any atom is -0.378 e. The van der Waals surface area contributed by atoms with Gasteiger partial charge in [-0.2, -0.15) is 0 Å². The lowest BCUT2D eigenvalue weighted by atomic mass is 10.3. The quantitative estimate of drug-likeness (QED) is 0.529. The minimum atomic E-state index is 0.699. The molecule has 3 heterocycles. The number of ether oxygens (including phenoxy) is 4. The van der Waals surface area contributed by atoms with Gasteiger partial charge >= 0.3 is 0 Å². The van der Waals surface area contributed by atoms with Gasteiger partial charge in [0.2, 0.25) is 0 Å². The molecule has 3 aliphatic rings. The number of rotatable bonds is 0. The van der Waals surface area contributed by atoms with Crippen LogP contribution >= 0.6 is 0 Å². The molecule has 0 atom stereocenters. The van der Waals surface area contributed by atoms with Crippen LogP contribution in [0.1, 0.15) is 0 Å². The van der Waals surface area contributed by atoms with Crippen molar-refractivity contribution in [2.24, 2.45) is 0 Å². The van der Waals surface area contributed by atoms with E-state index in [2.05, 4.69) is 19.6 Å². The standard InChI is InChI=1S/C20H40N4O4/c1-2-22-7-8-24-4-3-23(11-15-27-19-20-28-16-12-24)6-5-21(1)9-13-25-17-18-26-14-10-22/h1-20H2. The third kappa shape index (κ3) is 9.00. The lowest BCUT2D eigenvalue weighted by molar-refractivity contribution is 0.00690. The predicted molar refractivity (Wildman–Crippen MR) is 109 cm³/mol. The van der Waals surface area contributed by atoms with Gasteiger partial charge in [-0.05, 0) is 0 Å². The first-order chi connectivity index (χ1) is 13.9. The normalized spacial score (nSPS) is 36.0. The summed E-state index contributed by atoms with van der Waals surface area (Å²) in [7, 11) is 0. The highest BCUT2D eigenvalue weighted by Gasteiger charge is 2.17. The first-order valence-electron chi connectivity index (χ1n) is 11.1. The fourth-order valence-corrected chi connectivity index (χ4v) is 3.89. The van der Waals surface area contributed by atoms with E-state index in [1.807, 2.05) is 0 Å². The Morgan fingerprint density at radius 1 is 0.250 bits per heavy atom. The van der Waals surface area contributed by atoms with Gasteiger partial charge in [0.15, 0.2) is 0 Å². The van der Waals surface area contributed by atoms with Gasteiger partial charge in [0.1, 0.15) is 0 Å². The van der Waals surface area contributed by atoms with E-state index < -0.39 is 0 Å². The van der Waals surface area contributed by atoms with Gasteiger partial charge in [-0.1, -0.05) is 0 Å². The minimum absolute atomic E-state index is 0.699. The lowest BCUT2D eigenvalue weighted by Gasteiger charge is -2.34. The Hall–Kier alpha value is -0.320. The van der Waals surface area contributed by atoms with Crippen molar-refractivity contribution in [2.45, 2.75) is 0 Å². The fraction of sp³-hybridized carbons (Fsp3) is 1.00. The van der Waals surface area contributed by atoms with E-state index in [0.717, 1.165) is 105 Å². The van der Waals surface area contributed by atoms with Crippen molar-refractivity contribution >= 4 is 0 Å². The highest BCUT2D eigenvalue weighted by Crippen LogP contribution is 2.03. The van der Waals surface area contributed by atoms with Crippen LogP contribution in [0.25, 0.3) is 0 Å². The van der Waals surface area contributed by atoms with E-state index in [9.17, 15) is 0 Å². The summed E-state index contributed by atoms with van der Waals surface area (Å²) in [5.74, 6) is 0. The predicted octanol–water partition coefficient (Wildman–Crippen LogP) is -0.698. The molecule has 0 aromatic heterocycles. The average molecular weight is 401 g/mol. The molecule has 8 heteroatoms. The first kappa shape index (κ1) is 22.4. The molecule has 0 amide bonds. The number of fused-ring (bicyclic) bond motifs is 6. The summed E-state index contributed by atoms with van der Waals surface area (Å²) < 4.78 is 23.0. The van der Waals surface area contributed by atoms with Gasteiger partial charge in [0, 0.05) is 78.5 Å². The van der Waals surface area contributed by atoms with E-state index in [-0.39, 0.29) is 0 Å². The van der Waals surface area contributed by atoms with Crippen LogP contribution in [0.3, 0.4) is 0 Å². The van der Waals surface area contributed by atoms with Crippen LogP contribution in [0.2, 0.25) is 0 Å². The molecule has 0 aliphatic carbocycles. The topological polar surface area (TPSA) is 49.9 Å². The lowest BCUT2D eigenvalue weighted by Crippen LogP contribution is -2.48. The molecule has 0 aromatic carbocycles. The molecule has 164 valence electrons. The van der Waals surface area contributed by atoms with Gasteiger partial charge in [-0.15, -0.1) is 0 Å². The Morgan fingerprint density at radius 2 is 0.464 bits per heavy atom. The molecule has 4 bridgehead atoms. The highest BCUT2D eigenvalue weighted by molar-refractivity contribution is 4.72. The molecule has 0 saturated carbocycles. The third-order valence-electron chi connectivity index (χ3n) is 5.88. The smallest absolute Gasteiger partial charge is 0.0701 e. The second kappa shape index (κ2) is 13.8. The largest absolute Gasteiger partial charge is 0.378 e. The maximum Gasteiger partial charge on any atom is 0.0701 e. The molecular formula is C20H40N4O4. The molecule has 8 nitrogen and oxygen atoms in total. The summed E-state index contributed by atoms with van der Waals surface area (Å²) in [6.45, 7) is 18.7. The van der Waals surface area contributed by atoms with Crippen LogP contribution in [-0.2, 0) is 18.9 Å². The molecule has 3 saturated heterocycles.